The third-order valence-electron chi connectivity index (χ3n) is 4.72. The Labute approximate surface area is 187 Å². The van der Waals surface area contributed by atoms with Gasteiger partial charge in [0.05, 0.1) is 10.7 Å². The summed E-state index contributed by atoms with van der Waals surface area (Å²) in [4.78, 5) is 14.2. The van der Waals surface area contributed by atoms with Gasteiger partial charge in [-0.15, -0.1) is 0 Å². The van der Waals surface area contributed by atoms with Crippen molar-refractivity contribution in [2.45, 2.75) is 24.9 Å². The topological polar surface area (TPSA) is 52.6 Å². The van der Waals surface area contributed by atoms with Crippen LogP contribution in [0.25, 0.3) is 0 Å². The Morgan fingerprint density at radius 1 is 1.08 bits per heavy atom. The predicted octanol–water partition coefficient (Wildman–Crippen LogP) is 1.64. The Morgan fingerprint density at radius 3 is 2.23 bits per heavy atom. The number of para-hydroxylation sites is 1. The number of piperidine rings is 1. The van der Waals surface area contributed by atoms with E-state index in [9.17, 15) is 9.90 Å². The molecule has 0 aromatic heterocycles. The fourth-order valence-electron chi connectivity index (χ4n) is 3.17. The molecule has 1 saturated heterocycles. The van der Waals surface area contributed by atoms with E-state index in [1.54, 1.807) is 6.07 Å². The monoisotopic (exact) mass is 402 g/mol. The third-order valence-corrected chi connectivity index (χ3v) is 5.42. The zero-order valence-corrected chi connectivity index (χ0v) is 18.2. The van der Waals surface area contributed by atoms with E-state index in [1.165, 1.54) is 0 Å². The molecular formula is C19H21Cl2N2NaO2. The zero-order chi connectivity index (χ0) is 17.9. The number of hydrogen-bond acceptors (Lipinski definition) is 3. The van der Waals surface area contributed by atoms with Crippen molar-refractivity contribution in [3.05, 3.63) is 64.1 Å². The number of carbonyl (C=O) groups is 1. The molecule has 1 aliphatic heterocycles. The summed E-state index contributed by atoms with van der Waals surface area (Å²) in [6, 6.07) is 15.0. The first-order chi connectivity index (χ1) is 12.0. The number of carboxylic acids is 1. The molecule has 0 saturated carbocycles. The molecule has 0 radical (unpaired) electrons. The number of likely N-dealkylation sites (tertiary alicyclic amines) is 1. The van der Waals surface area contributed by atoms with Crippen LogP contribution in [0, 0.1) is 0 Å². The number of carboxylic acid groups (broad SMARTS) is 1. The molecular weight excluding hydrogens is 382 g/mol. The predicted molar refractivity (Wildman–Crippen MR) is 103 cm³/mol. The summed E-state index contributed by atoms with van der Waals surface area (Å²) in [6.45, 7) is 2.07. The van der Waals surface area contributed by atoms with Gasteiger partial charge in [-0.2, -0.15) is 0 Å². The van der Waals surface area contributed by atoms with Gasteiger partial charge < -0.3 is 11.8 Å². The molecule has 2 aromatic carbocycles. The molecule has 1 fully saturated rings. The van der Waals surface area contributed by atoms with Gasteiger partial charge in [-0.3, -0.25) is 4.90 Å². The van der Waals surface area contributed by atoms with Crippen LogP contribution in [0.15, 0.2) is 48.5 Å². The van der Waals surface area contributed by atoms with Crippen LogP contribution in [-0.2, 0) is 11.3 Å². The Morgan fingerprint density at radius 2 is 1.65 bits per heavy atom. The van der Waals surface area contributed by atoms with Crippen molar-refractivity contribution in [2.75, 3.05) is 18.4 Å². The molecule has 0 spiro atoms. The Hall–Kier alpha value is -0.750. The molecule has 7 heteroatoms. The van der Waals surface area contributed by atoms with Gasteiger partial charge in [-0.05, 0) is 36.6 Å². The van der Waals surface area contributed by atoms with Crippen molar-refractivity contribution in [3.8, 4) is 0 Å². The number of aliphatic carboxylic acids is 1. The standard InChI is InChI=1S/C19H20Cl2N2O2.Na.H/c20-15-6-2-1-5-14(15)13-23-11-9-19(10-12-23,18(24)25)22-17-8-4-3-7-16(17)21;;/h1-8,22H,9-13H2,(H,24,25);;/q;+1;-1. The van der Waals surface area contributed by atoms with E-state index in [4.69, 9.17) is 23.2 Å². The SMILES string of the molecule is O=C(O)C1(Nc2ccccc2Cl)CCN(Cc2ccccc2Cl)CC1.[H-].[Na+]. The van der Waals surface area contributed by atoms with Gasteiger partial charge in [0.15, 0.2) is 0 Å². The third kappa shape index (κ3) is 4.94. The summed E-state index contributed by atoms with van der Waals surface area (Å²) in [6.07, 6.45) is 0.996. The first kappa shape index (κ1) is 21.5. The van der Waals surface area contributed by atoms with Crippen LogP contribution in [0.1, 0.15) is 19.8 Å². The van der Waals surface area contributed by atoms with Crippen LogP contribution in [0.4, 0.5) is 5.69 Å². The maximum absolute atomic E-state index is 12.0. The molecule has 26 heavy (non-hydrogen) atoms. The van der Waals surface area contributed by atoms with Crippen molar-refractivity contribution in [1.82, 2.24) is 4.90 Å². The minimum Gasteiger partial charge on any atom is -1.00 e. The van der Waals surface area contributed by atoms with Gasteiger partial charge in [0.2, 0.25) is 0 Å². The molecule has 1 heterocycles. The molecule has 0 amide bonds. The maximum atomic E-state index is 12.0. The normalized spacial score (nSPS) is 16.5. The maximum Gasteiger partial charge on any atom is 1.00 e. The summed E-state index contributed by atoms with van der Waals surface area (Å²) in [5.41, 5.74) is 0.722. The average Bonchev–Trinajstić information content (AvgIpc) is 2.60. The molecule has 4 nitrogen and oxygen atoms in total. The number of rotatable bonds is 5. The van der Waals surface area contributed by atoms with E-state index in [1.807, 2.05) is 42.5 Å². The number of nitrogens with one attached hydrogen (secondary N) is 1. The largest absolute Gasteiger partial charge is 1.00 e. The van der Waals surface area contributed by atoms with Crippen molar-refractivity contribution in [2.24, 2.45) is 0 Å². The van der Waals surface area contributed by atoms with Crippen molar-refractivity contribution in [3.63, 3.8) is 0 Å². The molecule has 0 atom stereocenters. The van der Waals surface area contributed by atoms with Gasteiger partial charge >= 0.3 is 35.5 Å². The van der Waals surface area contributed by atoms with Gasteiger partial charge in [-0.1, -0.05) is 53.5 Å². The number of benzene rings is 2. The molecule has 0 aliphatic carbocycles. The van der Waals surface area contributed by atoms with Gasteiger partial charge in [0.1, 0.15) is 5.54 Å². The molecule has 134 valence electrons. The Bertz CT molecular complexity index is 771. The summed E-state index contributed by atoms with van der Waals surface area (Å²) < 4.78 is 0. The van der Waals surface area contributed by atoms with Crippen LogP contribution in [-0.4, -0.2) is 34.6 Å². The summed E-state index contributed by atoms with van der Waals surface area (Å²) >= 11 is 12.4. The molecule has 0 unspecified atom stereocenters. The first-order valence-electron chi connectivity index (χ1n) is 8.22. The van der Waals surface area contributed by atoms with Gasteiger partial charge in [0, 0.05) is 24.7 Å². The smallest absolute Gasteiger partial charge is 1.00 e. The van der Waals surface area contributed by atoms with Crippen LogP contribution >= 0.6 is 23.2 Å². The number of halogens is 2. The minimum atomic E-state index is -0.998. The molecule has 0 bridgehead atoms. The summed E-state index contributed by atoms with van der Waals surface area (Å²) in [5, 5.41) is 14.3. The van der Waals surface area contributed by atoms with Crippen molar-refractivity contribution >= 4 is 34.9 Å². The van der Waals surface area contributed by atoms with Crippen LogP contribution < -0.4 is 34.9 Å². The first-order valence-corrected chi connectivity index (χ1v) is 8.98. The van der Waals surface area contributed by atoms with Crippen LogP contribution in [0.2, 0.25) is 10.0 Å². The number of nitrogens with zero attached hydrogens (tertiary/aromatic N) is 1. The van der Waals surface area contributed by atoms with E-state index < -0.39 is 11.5 Å². The van der Waals surface area contributed by atoms with E-state index in [2.05, 4.69) is 10.2 Å². The van der Waals surface area contributed by atoms with Crippen LogP contribution in [0.5, 0.6) is 0 Å². The van der Waals surface area contributed by atoms with Gasteiger partial charge in [0.25, 0.3) is 0 Å². The number of hydrogen-bond donors (Lipinski definition) is 2. The summed E-state index contributed by atoms with van der Waals surface area (Å²) in [7, 11) is 0. The average molecular weight is 403 g/mol. The van der Waals surface area contributed by atoms with Crippen molar-refractivity contribution in [1.29, 1.82) is 0 Å². The second-order valence-electron chi connectivity index (χ2n) is 6.36. The molecule has 3 rings (SSSR count). The fraction of sp³-hybridized carbons (Fsp3) is 0.316. The van der Waals surface area contributed by atoms with E-state index in [0.717, 1.165) is 17.1 Å². The molecule has 1 aliphatic rings. The molecule has 2 aromatic rings. The fourth-order valence-corrected chi connectivity index (χ4v) is 3.55. The Balaban J connectivity index is 0.00000182. The van der Waals surface area contributed by atoms with E-state index in [-0.39, 0.29) is 31.0 Å². The quantitative estimate of drug-likeness (QED) is 0.746. The molecule has 2 N–H and O–H groups in total. The van der Waals surface area contributed by atoms with E-state index in [0.29, 0.717) is 36.6 Å². The van der Waals surface area contributed by atoms with Gasteiger partial charge in [-0.25, -0.2) is 4.79 Å². The Kier molecular flexibility index (Phi) is 7.83. The second kappa shape index (κ2) is 9.45. The summed E-state index contributed by atoms with van der Waals surface area (Å²) in [5.74, 6) is -0.843. The zero-order valence-electron chi connectivity index (χ0n) is 15.7. The van der Waals surface area contributed by atoms with Crippen molar-refractivity contribution < 1.29 is 40.9 Å². The minimum absolute atomic E-state index is 0. The number of anilines is 1. The van der Waals surface area contributed by atoms with Crippen LogP contribution in [0.3, 0.4) is 0 Å². The second-order valence-corrected chi connectivity index (χ2v) is 7.17. The van der Waals surface area contributed by atoms with E-state index >= 15 is 0 Å².